The highest BCUT2D eigenvalue weighted by molar-refractivity contribution is 7.89. The summed E-state index contributed by atoms with van der Waals surface area (Å²) in [5, 5.41) is 10.3. The van der Waals surface area contributed by atoms with Crippen LogP contribution >= 0.6 is 0 Å². The Morgan fingerprint density at radius 3 is 2.22 bits per heavy atom. The highest BCUT2D eigenvalue weighted by Gasteiger charge is 2.38. The zero-order valence-electron chi connectivity index (χ0n) is 18.2. The van der Waals surface area contributed by atoms with E-state index in [1.807, 2.05) is 6.07 Å². The van der Waals surface area contributed by atoms with Crippen LogP contribution in [0.5, 0.6) is 0 Å². The molecule has 0 saturated carbocycles. The van der Waals surface area contributed by atoms with Crippen LogP contribution in [0, 0.1) is 6.92 Å². The SMILES string of the molecule is CCCCCN(CC(=O)N1CCNCC1)S(=O)(=O)c1ccccc1C.O=C(O)C(F)(F)F. The zero-order valence-corrected chi connectivity index (χ0v) is 19.0. The Hall–Kier alpha value is -2.18. The second-order valence-corrected chi connectivity index (χ2v) is 9.15. The summed E-state index contributed by atoms with van der Waals surface area (Å²) in [7, 11) is -3.68. The van der Waals surface area contributed by atoms with E-state index in [0.29, 0.717) is 30.1 Å². The predicted octanol–water partition coefficient (Wildman–Crippen LogP) is 2.24. The largest absolute Gasteiger partial charge is 0.490 e. The van der Waals surface area contributed by atoms with Crippen LogP contribution in [-0.4, -0.2) is 80.1 Å². The summed E-state index contributed by atoms with van der Waals surface area (Å²) >= 11 is 0. The number of carbonyl (C=O) groups excluding carboxylic acids is 1. The molecular formula is C20H30F3N3O5S. The molecule has 0 bridgehead atoms. The molecule has 0 radical (unpaired) electrons. The Balaban J connectivity index is 0.000000633. The van der Waals surface area contributed by atoms with Crippen LogP contribution in [0.1, 0.15) is 31.7 Å². The molecule has 0 unspecified atom stereocenters. The fraction of sp³-hybridized carbons (Fsp3) is 0.600. The summed E-state index contributed by atoms with van der Waals surface area (Å²) in [6, 6.07) is 6.95. The van der Waals surface area contributed by atoms with Gasteiger partial charge in [-0.25, -0.2) is 13.2 Å². The molecule has 32 heavy (non-hydrogen) atoms. The highest BCUT2D eigenvalue weighted by Crippen LogP contribution is 2.20. The molecular weight excluding hydrogens is 451 g/mol. The molecule has 1 heterocycles. The number of piperazine rings is 1. The number of rotatable bonds is 8. The number of aliphatic carboxylic acids is 1. The Labute approximate surface area is 186 Å². The molecule has 1 aromatic rings. The van der Waals surface area contributed by atoms with Crippen LogP contribution in [-0.2, 0) is 19.6 Å². The Morgan fingerprint density at radius 2 is 1.72 bits per heavy atom. The van der Waals surface area contributed by atoms with E-state index in [4.69, 9.17) is 9.90 Å². The maximum atomic E-state index is 13.1. The van der Waals surface area contributed by atoms with E-state index in [0.717, 1.165) is 32.4 Å². The van der Waals surface area contributed by atoms with Crippen LogP contribution in [0.3, 0.4) is 0 Å². The van der Waals surface area contributed by atoms with Crippen molar-refractivity contribution < 1.29 is 36.3 Å². The van der Waals surface area contributed by atoms with E-state index in [-0.39, 0.29) is 12.5 Å². The van der Waals surface area contributed by atoms with E-state index in [1.165, 1.54) is 4.31 Å². The number of aryl methyl sites for hydroxylation is 1. The summed E-state index contributed by atoms with van der Waals surface area (Å²) in [6.45, 7) is 6.93. The summed E-state index contributed by atoms with van der Waals surface area (Å²) in [5.41, 5.74) is 0.706. The lowest BCUT2D eigenvalue weighted by atomic mass is 10.2. The number of carboxylic acids is 1. The van der Waals surface area contributed by atoms with E-state index in [1.54, 1.807) is 30.0 Å². The average Bonchev–Trinajstić information content (AvgIpc) is 2.73. The molecule has 0 aromatic heterocycles. The van der Waals surface area contributed by atoms with Crippen molar-refractivity contribution in [2.75, 3.05) is 39.3 Å². The van der Waals surface area contributed by atoms with Gasteiger partial charge < -0.3 is 15.3 Å². The maximum absolute atomic E-state index is 13.1. The summed E-state index contributed by atoms with van der Waals surface area (Å²) in [6.07, 6.45) is -2.37. The first-order valence-corrected chi connectivity index (χ1v) is 11.7. The number of unbranched alkanes of at least 4 members (excludes halogenated alkanes) is 2. The number of alkyl halides is 3. The van der Waals surface area contributed by atoms with Gasteiger partial charge in [-0.2, -0.15) is 17.5 Å². The molecule has 0 spiro atoms. The van der Waals surface area contributed by atoms with Crippen molar-refractivity contribution >= 4 is 21.9 Å². The molecule has 12 heteroatoms. The van der Waals surface area contributed by atoms with Crippen LogP contribution in [0.2, 0.25) is 0 Å². The van der Waals surface area contributed by atoms with Gasteiger partial charge in [-0.15, -0.1) is 0 Å². The van der Waals surface area contributed by atoms with Gasteiger partial charge in [0.05, 0.1) is 11.4 Å². The normalized spacial score (nSPS) is 14.6. The third-order valence-corrected chi connectivity index (χ3v) is 6.75. The number of amides is 1. The number of hydrogen-bond donors (Lipinski definition) is 2. The Kier molecular flexibility index (Phi) is 11.1. The van der Waals surface area contributed by atoms with Gasteiger partial charge in [-0.3, -0.25) is 4.79 Å². The number of carbonyl (C=O) groups is 2. The number of hydrogen-bond acceptors (Lipinski definition) is 5. The molecule has 1 aliphatic rings. The van der Waals surface area contributed by atoms with Gasteiger partial charge in [0.15, 0.2) is 0 Å². The van der Waals surface area contributed by atoms with Gasteiger partial charge in [0.1, 0.15) is 0 Å². The standard InChI is InChI=1S/C18H29N3O3S.C2HF3O2/c1-3-4-7-12-21(15-18(22)20-13-10-19-11-14-20)25(23,24)17-9-6-5-8-16(17)2;3-2(4,5)1(6)7/h5-6,8-9,19H,3-4,7,10-15H2,1-2H3;(H,6,7). The van der Waals surface area contributed by atoms with E-state index in [2.05, 4.69) is 12.2 Å². The lowest BCUT2D eigenvalue weighted by Gasteiger charge is -2.30. The van der Waals surface area contributed by atoms with Crippen LogP contribution in [0.25, 0.3) is 0 Å². The maximum Gasteiger partial charge on any atom is 0.490 e. The van der Waals surface area contributed by atoms with Crippen molar-refractivity contribution in [2.45, 2.75) is 44.2 Å². The van der Waals surface area contributed by atoms with Crippen molar-refractivity contribution in [3.05, 3.63) is 29.8 Å². The zero-order chi connectivity index (χ0) is 24.4. The van der Waals surface area contributed by atoms with Gasteiger partial charge >= 0.3 is 12.1 Å². The Bertz CT molecular complexity index is 856. The third kappa shape index (κ3) is 8.75. The second kappa shape index (κ2) is 12.8. The fourth-order valence-corrected chi connectivity index (χ4v) is 4.63. The fourth-order valence-electron chi connectivity index (χ4n) is 2.97. The van der Waals surface area contributed by atoms with E-state index in [9.17, 15) is 26.4 Å². The number of benzene rings is 1. The molecule has 0 atom stereocenters. The van der Waals surface area contributed by atoms with Gasteiger partial charge in [0.25, 0.3) is 0 Å². The topological polar surface area (TPSA) is 107 Å². The highest BCUT2D eigenvalue weighted by atomic mass is 32.2. The van der Waals surface area contributed by atoms with Gasteiger partial charge in [0.2, 0.25) is 15.9 Å². The van der Waals surface area contributed by atoms with Crippen molar-refractivity contribution in [1.29, 1.82) is 0 Å². The molecule has 1 fully saturated rings. The number of nitrogens with one attached hydrogen (secondary N) is 1. The molecule has 1 aromatic carbocycles. The minimum absolute atomic E-state index is 0.0830. The lowest BCUT2D eigenvalue weighted by molar-refractivity contribution is -0.192. The van der Waals surface area contributed by atoms with E-state index < -0.39 is 22.2 Å². The second-order valence-electron chi connectivity index (χ2n) is 7.24. The molecule has 2 N–H and O–H groups in total. The summed E-state index contributed by atoms with van der Waals surface area (Å²) in [5.74, 6) is -2.87. The minimum Gasteiger partial charge on any atom is -0.475 e. The van der Waals surface area contributed by atoms with Crippen molar-refractivity contribution in [3.63, 3.8) is 0 Å². The molecule has 2 rings (SSSR count). The average molecular weight is 482 g/mol. The molecule has 8 nitrogen and oxygen atoms in total. The Morgan fingerprint density at radius 1 is 1.16 bits per heavy atom. The first-order chi connectivity index (χ1) is 14.9. The van der Waals surface area contributed by atoms with Gasteiger partial charge in [0, 0.05) is 32.7 Å². The van der Waals surface area contributed by atoms with Crippen LogP contribution < -0.4 is 5.32 Å². The van der Waals surface area contributed by atoms with Gasteiger partial charge in [-0.05, 0) is 25.0 Å². The third-order valence-electron chi connectivity index (χ3n) is 4.75. The monoisotopic (exact) mass is 481 g/mol. The number of halogens is 3. The molecule has 182 valence electrons. The molecule has 1 saturated heterocycles. The van der Waals surface area contributed by atoms with Crippen LogP contribution in [0.4, 0.5) is 13.2 Å². The van der Waals surface area contributed by atoms with Crippen LogP contribution in [0.15, 0.2) is 29.2 Å². The quantitative estimate of drug-likeness (QED) is 0.552. The first-order valence-electron chi connectivity index (χ1n) is 10.3. The van der Waals surface area contributed by atoms with Gasteiger partial charge in [-0.1, -0.05) is 38.0 Å². The minimum atomic E-state index is -5.08. The van der Waals surface area contributed by atoms with Crippen molar-refractivity contribution in [2.24, 2.45) is 0 Å². The summed E-state index contributed by atoms with van der Waals surface area (Å²) in [4.78, 5) is 23.5. The predicted molar refractivity (Wildman–Crippen MR) is 113 cm³/mol. The van der Waals surface area contributed by atoms with Crippen molar-refractivity contribution in [1.82, 2.24) is 14.5 Å². The van der Waals surface area contributed by atoms with Crippen molar-refractivity contribution in [3.8, 4) is 0 Å². The number of sulfonamides is 1. The smallest absolute Gasteiger partial charge is 0.475 e. The van der Waals surface area contributed by atoms with E-state index >= 15 is 0 Å². The summed E-state index contributed by atoms with van der Waals surface area (Å²) < 4.78 is 59.3. The molecule has 0 aliphatic carbocycles. The first kappa shape index (κ1) is 27.9. The number of nitrogens with zero attached hydrogens (tertiary/aromatic N) is 2. The lowest BCUT2D eigenvalue weighted by Crippen LogP contribution is -2.50. The molecule has 1 amide bonds. The number of carboxylic acid groups (broad SMARTS) is 1. The molecule has 1 aliphatic heterocycles.